The molecule has 18 heavy (non-hydrogen) atoms. The second-order valence-electron chi connectivity index (χ2n) is 6.58. The topological polar surface area (TPSA) is 24.5 Å². The van der Waals surface area contributed by atoms with Crippen molar-refractivity contribution in [2.24, 2.45) is 5.92 Å². The summed E-state index contributed by atoms with van der Waals surface area (Å²) in [7, 11) is 2.23. The number of likely N-dealkylation sites (N-methyl/N-ethyl adjacent to an activating group) is 1. The van der Waals surface area contributed by atoms with E-state index in [-0.39, 0.29) is 5.60 Å². The monoisotopic (exact) mass is 252 g/mol. The highest BCUT2D eigenvalue weighted by atomic mass is 16.5. The van der Waals surface area contributed by atoms with Gasteiger partial charge in [-0.25, -0.2) is 0 Å². The normalized spacial score (nSPS) is 40.2. The fraction of sp³-hybridized carbons (Fsp3) is 1.00. The smallest absolute Gasteiger partial charge is 0.0976 e. The van der Waals surface area contributed by atoms with Gasteiger partial charge in [0.1, 0.15) is 0 Å². The lowest BCUT2D eigenvalue weighted by atomic mass is 9.79. The number of likely N-dealkylation sites (tertiary alicyclic amines) is 1. The highest BCUT2D eigenvalue weighted by molar-refractivity contribution is 5.04. The van der Waals surface area contributed by atoms with Crippen LogP contribution in [-0.4, -0.2) is 49.8 Å². The van der Waals surface area contributed by atoms with Crippen molar-refractivity contribution in [1.29, 1.82) is 0 Å². The van der Waals surface area contributed by atoms with Crippen molar-refractivity contribution in [3.8, 4) is 0 Å². The molecule has 1 saturated carbocycles. The molecule has 3 aliphatic rings. The number of nitrogens with zero attached hydrogens (tertiary/aromatic N) is 1. The molecule has 1 aliphatic carbocycles. The number of nitrogens with one attached hydrogen (secondary N) is 1. The average molecular weight is 252 g/mol. The zero-order chi connectivity index (χ0) is 12.4. The molecule has 0 bridgehead atoms. The maximum Gasteiger partial charge on any atom is 0.0976 e. The third kappa shape index (κ3) is 2.45. The molecule has 2 atom stereocenters. The molecule has 0 amide bonds. The maximum absolute atomic E-state index is 6.30. The number of rotatable bonds is 1. The second-order valence-corrected chi connectivity index (χ2v) is 6.58. The van der Waals surface area contributed by atoms with E-state index in [0.717, 1.165) is 25.6 Å². The van der Waals surface area contributed by atoms with Gasteiger partial charge in [-0.05, 0) is 32.2 Å². The maximum atomic E-state index is 6.30. The van der Waals surface area contributed by atoms with Crippen LogP contribution in [0.3, 0.4) is 0 Å². The molecule has 1 spiro atoms. The minimum absolute atomic E-state index is 0.127. The predicted octanol–water partition coefficient (Wildman–Crippen LogP) is 2.02. The Balaban J connectivity index is 1.74. The summed E-state index contributed by atoms with van der Waals surface area (Å²) in [5.74, 6) is 0.847. The van der Waals surface area contributed by atoms with Crippen LogP contribution in [0.2, 0.25) is 0 Å². The van der Waals surface area contributed by atoms with E-state index in [0.29, 0.717) is 6.04 Å². The molecule has 3 nitrogen and oxygen atoms in total. The molecule has 2 saturated heterocycles. The van der Waals surface area contributed by atoms with Gasteiger partial charge >= 0.3 is 0 Å². The molecule has 0 aromatic carbocycles. The van der Waals surface area contributed by atoms with E-state index in [1.54, 1.807) is 0 Å². The van der Waals surface area contributed by atoms with Crippen LogP contribution in [0.4, 0.5) is 0 Å². The van der Waals surface area contributed by atoms with Crippen LogP contribution in [0.15, 0.2) is 0 Å². The summed E-state index contributed by atoms with van der Waals surface area (Å²) < 4.78 is 6.30. The molecule has 0 aromatic heterocycles. The molecular formula is C15H28N2O. The summed E-state index contributed by atoms with van der Waals surface area (Å²) >= 11 is 0. The summed E-state index contributed by atoms with van der Waals surface area (Å²) in [4.78, 5) is 2.44. The SMILES string of the molecule is CN1CCC2(C1)OCCNC2C1CCCCCC1. The first-order valence-electron chi connectivity index (χ1n) is 7.86. The highest BCUT2D eigenvalue weighted by Gasteiger charge is 2.48. The molecule has 104 valence electrons. The zero-order valence-electron chi connectivity index (χ0n) is 11.8. The van der Waals surface area contributed by atoms with Gasteiger partial charge in [-0.1, -0.05) is 25.7 Å². The van der Waals surface area contributed by atoms with Crippen molar-refractivity contribution in [1.82, 2.24) is 10.2 Å². The van der Waals surface area contributed by atoms with E-state index in [2.05, 4.69) is 17.3 Å². The van der Waals surface area contributed by atoms with Crippen molar-refractivity contribution < 1.29 is 4.74 Å². The molecule has 0 radical (unpaired) electrons. The van der Waals surface area contributed by atoms with Crippen molar-refractivity contribution in [2.75, 3.05) is 33.3 Å². The summed E-state index contributed by atoms with van der Waals surface area (Å²) in [6, 6.07) is 0.606. The Kier molecular flexibility index (Phi) is 3.92. The lowest BCUT2D eigenvalue weighted by Crippen LogP contribution is -2.62. The second kappa shape index (κ2) is 5.48. The Morgan fingerprint density at radius 1 is 1.17 bits per heavy atom. The average Bonchev–Trinajstić information content (AvgIpc) is 2.61. The van der Waals surface area contributed by atoms with E-state index in [1.165, 1.54) is 51.5 Å². The molecule has 2 aliphatic heterocycles. The first-order valence-corrected chi connectivity index (χ1v) is 7.86. The van der Waals surface area contributed by atoms with Crippen LogP contribution in [0, 0.1) is 5.92 Å². The Bertz CT molecular complexity index is 272. The minimum atomic E-state index is 0.127. The number of morpholine rings is 1. The minimum Gasteiger partial charge on any atom is -0.371 e. The van der Waals surface area contributed by atoms with Crippen LogP contribution in [-0.2, 0) is 4.74 Å². The van der Waals surface area contributed by atoms with Gasteiger partial charge in [0.15, 0.2) is 0 Å². The van der Waals surface area contributed by atoms with E-state index >= 15 is 0 Å². The van der Waals surface area contributed by atoms with Gasteiger partial charge in [0.2, 0.25) is 0 Å². The third-order valence-corrected chi connectivity index (χ3v) is 5.25. The Morgan fingerprint density at radius 2 is 1.94 bits per heavy atom. The van der Waals surface area contributed by atoms with E-state index in [4.69, 9.17) is 4.74 Å². The Hall–Kier alpha value is -0.120. The van der Waals surface area contributed by atoms with Gasteiger partial charge in [0.25, 0.3) is 0 Å². The fourth-order valence-corrected chi connectivity index (χ4v) is 4.35. The van der Waals surface area contributed by atoms with Crippen LogP contribution in [0.25, 0.3) is 0 Å². The zero-order valence-corrected chi connectivity index (χ0v) is 11.8. The standard InChI is InChI=1S/C15H28N2O/c1-17-10-8-15(12-17)14(16-9-11-18-15)13-6-4-2-3-5-7-13/h13-14,16H,2-12H2,1H3. The lowest BCUT2D eigenvalue weighted by molar-refractivity contribution is -0.103. The van der Waals surface area contributed by atoms with E-state index in [1.807, 2.05) is 0 Å². The first kappa shape index (κ1) is 12.9. The number of hydrogen-bond donors (Lipinski definition) is 1. The van der Waals surface area contributed by atoms with Gasteiger partial charge < -0.3 is 15.0 Å². The van der Waals surface area contributed by atoms with Gasteiger partial charge in [-0.15, -0.1) is 0 Å². The lowest BCUT2D eigenvalue weighted by Gasteiger charge is -2.45. The molecule has 0 aromatic rings. The molecule has 3 rings (SSSR count). The molecule has 3 heteroatoms. The van der Waals surface area contributed by atoms with Gasteiger partial charge in [0.05, 0.1) is 12.2 Å². The number of ether oxygens (including phenoxy) is 1. The summed E-state index contributed by atoms with van der Waals surface area (Å²) in [5, 5.41) is 3.82. The third-order valence-electron chi connectivity index (χ3n) is 5.25. The Morgan fingerprint density at radius 3 is 2.61 bits per heavy atom. The summed E-state index contributed by atoms with van der Waals surface area (Å²) in [5.41, 5.74) is 0.127. The summed E-state index contributed by atoms with van der Waals surface area (Å²) in [6.07, 6.45) is 9.77. The van der Waals surface area contributed by atoms with Crippen molar-refractivity contribution in [2.45, 2.75) is 56.6 Å². The van der Waals surface area contributed by atoms with Crippen molar-refractivity contribution >= 4 is 0 Å². The van der Waals surface area contributed by atoms with Crippen LogP contribution in [0.1, 0.15) is 44.9 Å². The van der Waals surface area contributed by atoms with Crippen LogP contribution < -0.4 is 5.32 Å². The van der Waals surface area contributed by atoms with Gasteiger partial charge in [-0.2, -0.15) is 0 Å². The van der Waals surface area contributed by atoms with Gasteiger partial charge in [-0.3, -0.25) is 0 Å². The number of hydrogen-bond acceptors (Lipinski definition) is 3. The Labute approximate surface area is 111 Å². The highest BCUT2D eigenvalue weighted by Crippen LogP contribution is 2.38. The van der Waals surface area contributed by atoms with Crippen LogP contribution >= 0.6 is 0 Å². The van der Waals surface area contributed by atoms with Crippen molar-refractivity contribution in [3.63, 3.8) is 0 Å². The van der Waals surface area contributed by atoms with Crippen molar-refractivity contribution in [3.05, 3.63) is 0 Å². The largest absolute Gasteiger partial charge is 0.371 e. The summed E-state index contributed by atoms with van der Waals surface area (Å²) in [6.45, 7) is 4.27. The molecule has 1 N–H and O–H groups in total. The predicted molar refractivity (Wildman–Crippen MR) is 73.8 cm³/mol. The van der Waals surface area contributed by atoms with Crippen LogP contribution in [0.5, 0.6) is 0 Å². The molecular weight excluding hydrogens is 224 g/mol. The first-order chi connectivity index (χ1) is 8.80. The van der Waals surface area contributed by atoms with Gasteiger partial charge in [0, 0.05) is 25.7 Å². The molecule has 3 fully saturated rings. The quantitative estimate of drug-likeness (QED) is 0.723. The fourth-order valence-electron chi connectivity index (χ4n) is 4.35. The molecule has 2 heterocycles. The molecule has 2 unspecified atom stereocenters. The van der Waals surface area contributed by atoms with E-state index < -0.39 is 0 Å². The van der Waals surface area contributed by atoms with E-state index in [9.17, 15) is 0 Å².